The summed E-state index contributed by atoms with van der Waals surface area (Å²) in [4.78, 5) is 25.6. The van der Waals surface area contributed by atoms with E-state index in [0.717, 1.165) is 9.75 Å². The van der Waals surface area contributed by atoms with Crippen LogP contribution in [0.3, 0.4) is 0 Å². The first-order chi connectivity index (χ1) is 12.6. The minimum atomic E-state index is -3.76. The molecule has 0 aliphatic heterocycles. The molecule has 27 heavy (non-hydrogen) atoms. The van der Waals surface area contributed by atoms with Gasteiger partial charge in [0.1, 0.15) is 0 Å². The van der Waals surface area contributed by atoms with Gasteiger partial charge in [-0.1, -0.05) is 12.1 Å². The number of carbonyl (C=O) groups is 2. The fraction of sp³-hybridized carbons (Fsp3) is 0.222. The van der Waals surface area contributed by atoms with Gasteiger partial charge in [0.25, 0.3) is 5.91 Å². The fourth-order valence-electron chi connectivity index (χ4n) is 2.19. The van der Waals surface area contributed by atoms with Gasteiger partial charge in [-0.3, -0.25) is 4.79 Å². The lowest BCUT2D eigenvalue weighted by Gasteiger charge is -2.14. The van der Waals surface area contributed by atoms with E-state index in [9.17, 15) is 18.0 Å². The summed E-state index contributed by atoms with van der Waals surface area (Å²) in [5.74, 6) is -1.08. The Morgan fingerprint density at radius 3 is 2.44 bits per heavy atom. The molecule has 0 radical (unpaired) electrons. The highest BCUT2D eigenvalue weighted by Crippen LogP contribution is 2.17. The van der Waals surface area contributed by atoms with E-state index in [-0.39, 0.29) is 4.90 Å². The minimum absolute atomic E-state index is 0.00794. The Morgan fingerprint density at radius 2 is 1.89 bits per heavy atom. The highest BCUT2D eigenvalue weighted by atomic mass is 32.2. The minimum Gasteiger partial charge on any atom is -0.452 e. The predicted molar refractivity (Wildman–Crippen MR) is 103 cm³/mol. The number of aryl methyl sites for hydroxylation is 1. The van der Waals surface area contributed by atoms with E-state index in [1.165, 1.54) is 18.2 Å². The van der Waals surface area contributed by atoms with Gasteiger partial charge >= 0.3 is 5.97 Å². The number of nitrogens with one attached hydrogen (secondary N) is 1. The van der Waals surface area contributed by atoms with Gasteiger partial charge in [-0.25, -0.2) is 18.4 Å². The monoisotopic (exact) mass is 408 g/mol. The van der Waals surface area contributed by atoms with E-state index < -0.39 is 34.5 Å². The molecule has 1 aromatic carbocycles. The second kappa shape index (κ2) is 8.94. The van der Waals surface area contributed by atoms with Crippen molar-refractivity contribution in [1.29, 1.82) is 0 Å². The Labute approximate surface area is 161 Å². The van der Waals surface area contributed by atoms with Gasteiger partial charge < -0.3 is 10.1 Å². The van der Waals surface area contributed by atoms with Crippen molar-refractivity contribution in [2.75, 3.05) is 6.61 Å². The summed E-state index contributed by atoms with van der Waals surface area (Å²) in [5.41, 5.74) is 0.690. The number of sulfonamides is 1. The number of thiophene rings is 1. The van der Waals surface area contributed by atoms with Crippen LogP contribution in [0.5, 0.6) is 0 Å². The summed E-state index contributed by atoms with van der Waals surface area (Å²) in [7, 11) is -3.76. The third-order valence-electron chi connectivity index (χ3n) is 3.58. The number of hydrogen-bond acceptors (Lipinski definition) is 6. The molecule has 1 amide bonds. The Bertz CT molecular complexity index is 946. The second-order valence-electron chi connectivity index (χ2n) is 5.79. The van der Waals surface area contributed by atoms with Gasteiger partial charge in [-0.15, -0.1) is 11.3 Å². The molecule has 1 atom stereocenters. The molecule has 3 N–H and O–H groups in total. The molecule has 7 nitrogen and oxygen atoms in total. The molecule has 0 saturated heterocycles. The van der Waals surface area contributed by atoms with Crippen molar-refractivity contribution in [3.8, 4) is 0 Å². The van der Waals surface area contributed by atoms with Crippen LogP contribution in [0.25, 0.3) is 6.08 Å². The van der Waals surface area contributed by atoms with Crippen molar-refractivity contribution >= 4 is 39.3 Å². The van der Waals surface area contributed by atoms with Crippen molar-refractivity contribution < 1.29 is 22.7 Å². The van der Waals surface area contributed by atoms with Crippen LogP contribution in [0, 0.1) is 6.92 Å². The molecule has 1 heterocycles. The molecule has 0 aliphatic carbocycles. The summed E-state index contributed by atoms with van der Waals surface area (Å²) in [6.07, 6.45) is 2.90. The van der Waals surface area contributed by atoms with E-state index >= 15 is 0 Å². The summed E-state index contributed by atoms with van der Waals surface area (Å²) in [6, 6.07) is 9.29. The van der Waals surface area contributed by atoms with Crippen LogP contribution in [-0.2, 0) is 24.3 Å². The quantitative estimate of drug-likeness (QED) is 0.538. The number of primary sulfonamides is 1. The lowest BCUT2D eigenvalue weighted by molar-refractivity contribution is -0.144. The van der Waals surface area contributed by atoms with Gasteiger partial charge in [-0.05, 0) is 49.8 Å². The largest absolute Gasteiger partial charge is 0.452 e. The number of hydrogen-bond donors (Lipinski definition) is 2. The molecule has 0 saturated carbocycles. The molecule has 1 aromatic heterocycles. The smallest absolute Gasteiger partial charge is 0.331 e. The Balaban J connectivity index is 1.82. The van der Waals surface area contributed by atoms with Gasteiger partial charge in [-0.2, -0.15) is 0 Å². The van der Waals surface area contributed by atoms with E-state index in [4.69, 9.17) is 9.88 Å². The number of ether oxygens (including phenoxy) is 1. The van der Waals surface area contributed by atoms with Crippen molar-refractivity contribution in [2.45, 2.75) is 24.8 Å². The van der Waals surface area contributed by atoms with Gasteiger partial charge in [0.2, 0.25) is 10.0 Å². The lowest BCUT2D eigenvalue weighted by atomic mass is 10.1. The maximum Gasteiger partial charge on any atom is 0.331 e. The van der Waals surface area contributed by atoms with E-state index in [1.54, 1.807) is 36.5 Å². The van der Waals surface area contributed by atoms with Gasteiger partial charge in [0, 0.05) is 15.8 Å². The Kier molecular flexibility index (Phi) is 6.89. The zero-order valence-electron chi connectivity index (χ0n) is 14.8. The SMILES string of the molecule is Cc1ccc(/C=C/C(=O)OCC(=O)N[C@@H](C)c2ccc(S(N)(=O)=O)cc2)s1. The summed E-state index contributed by atoms with van der Waals surface area (Å²) >= 11 is 1.54. The maximum absolute atomic E-state index is 11.9. The molecule has 2 rings (SSSR count). The van der Waals surface area contributed by atoms with E-state index in [2.05, 4.69) is 5.32 Å². The summed E-state index contributed by atoms with van der Waals surface area (Å²) in [5, 5.41) is 7.71. The average molecular weight is 409 g/mol. The number of amides is 1. The highest BCUT2D eigenvalue weighted by molar-refractivity contribution is 7.89. The number of nitrogens with two attached hydrogens (primary N) is 1. The van der Waals surface area contributed by atoms with E-state index in [0.29, 0.717) is 5.56 Å². The number of carbonyl (C=O) groups excluding carboxylic acids is 2. The molecule has 0 aliphatic rings. The number of esters is 1. The van der Waals surface area contributed by atoms with Crippen molar-refractivity contribution in [1.82, 2.24) is 5.32 Å². The van der Waals surface area contributed by atoms with Crippen LogP contribution in [0.2, 0.25) is 0 Å². The first-order valence-corrected chi connectivity index (χ1v) is 10.3. The third-order valence-corrected chi connectivity index (χ3v) is 5.47. The topological polar surface area (TPSA) is 116 Å². The maximum atomic E-state index is 11.9. The third kappa shape index (κ3) is 6.63. The standard InChI is InChI=1S/C18H20N2O5S2/c1-12-3-6-15(26-12)7-10-18(22)25-11-17(21)20-13(2)14-4-8-16(9-5-14)27(19,23)24/h3-10,13H,11H2,1-2H3,(H,20,21)(H2,19,23,24)/b10-7+/t13-/m0/s1. The van der Waals surface area contributed by atoms with Crippen molar-refractivity contribution in [3.05, 3.63) is 57.8 Å². The van der Waals surface area contributed by atoms with E-state index in [1.807, 2.05) is 19.1 Å². The lowest BCUT2D eigenvalue weighted by Crippen LogP contribution is -2.30. The van der Waals surface area contributed by atoms with Crippen LogP contribution in [0.15, 0.2) is 47.4 Å². The van der Waals surface area contributed by atoms with Gasteiger partial charge in [0.15, 0.2) is 6.61 Å². The number of benzene rings is 1. The predicted octanol–water partition coefficient (Wildman–Crippen LogP) is 2.14. The zero-order chi connectivity index (χ0) is 20.0. The molecule has 2 aromatic rings. The molecular formula is C18H20N2O5S2. The summed E-state index contributed by atoms with van der Waals surface area (Å²) < 4.78 is 27.4. The molecule has 9 heteroatoms. The first-order valence-electron chi connectivity index (χ1n) is 7.98. The highest BCUT2D eigenvalue weighted by Gasteiger charge is 2.13. The second-order valence-corrected chi connectivity index (χ2v) is 8.67. The molecule has 0 fully saturated rings. The fourth-order valence-corrected chi connectivity index (χ4v) is 3.49. The molecular weight excluding hydrogens is 388 g/mol. The zero-order valence-corrected chi connectivity index (χ0v) is 16.5. The summed E-state index contributed by atoms with van der Waals surface area (Å²) in [6.45, 7) is 3.28. The van der Waals surface area contributed by atoms with Crippen LogP contribution in [0.1, 0.15) is 28.3 Å². The van der Waals surface area contributed by atoms with Crippen molar-refractivity contribution in [3.63, 3.8) is 0 Å². The Hall–Kier alpha value is -2.49. The number of rotatable bonds is 7. The molecule has 144 valence electrons. The molecule has 0 spiro atoms. The average Bonchev–Trinajstić information content (AvgIpc) is 3.03. The molecule has 0 bridgehead atoms. The van der Waals surface area contributed by atoms with Crippen LogP contribution >= 0.6 is 11.3 Å². The van der Waals surface area contributed by atoms with Crippen LogP contribution < -0.4 is 10.5 Å². The van der Waals surface area contributed by atoms with Crippen LogP contribution in [0.4, 0.5) is 0 Å². The normalized spacial score (nSPS) is 12.7. The van der Waals surface area contributed by atoms with Crippen LogP contribution in [-0.4, -0.2) is 26.9 Å². The van der Waals surface area contributed by atoms with Gasteiger partial charge in [0.05, 0.1) is 10.9 Å². The van der Waals surface area contributed by atoms with Crippen molar-refractivity contribution in [2.24, 2.45) is 5.14 Å². The Morgan fingerprint density at radius 1 is 1.22 bits per heavy atom. The molecule has 0 unspecified atom stereocenters. The first kappa shape index (κ1) is 20.8.